The molecule has 120 valence electrons. The van der Waals surface area contributed by atoms with E-state index in [-0.39, 0.29) is 18.7 Å². The molecule has 0 radical (unpaired) electrons. The van der Waals surface area contributed by atoms with Crippen LogP contribution in [0.25, 0.3) is 5.78 Å². The van der Waals surface area contributed by atoms with Gasteiger partial charge in [-0.2, -0.15) is 14.6 Å². The Hall–Kier alpha value is -2.67. The highest BCUT2D eigenvalue weighted by atomic mass is 16.5. The molecule has 0 aliphatic heterocycles. The molecule has 1 aromatic carbocycles. The largest absolute Gasteiger partial charge is 0.491 e. The summed E-state index contributed by atoms with van der Waals surface area (Å²) in [7, 11) is 0. The maximum absolute atomic E-state index is 11.8. The molecule has 0 fully saturated rings. The molecule has 2 heterocycles. The minimum atomic E-state index is -0.739. The average molecular weight is 314 g/mol. The van der Waals surface area contributed by atoms with Crippen molar-refractivity contribution in [3.63, 3.8) is 0 Å². The first-order valence-corrected chi connectivity index (χ1v) is 7.32. The second-order valence-electron chi connectivity index (χ2n) is 5.49. The number of hydrogen-bond acceptors (Lipinski definition) is 5. The van der Waals surface area contributed by atoms with Crippen LogP contribution >= 0.6 is 0 Å². The number of rotatable bonds is 5. The molecule has 7 nitrogen and oxygen atoms in total. The maximum Gasteiger partial charge on any atom is 0.275 e. The van der Waals surface area contributed by atoms with E-state index in [4.69, 9.17) is 4.74 Å². The topological polar surface area (TPSA) is 81.7 Å². The zero-order valence-corrected chi connectivity index (χ0v) is 13.0. The van der Waals surface area contributed by atoms with Crippen molar-refractivity contribution in [2.24, 2.45) is 0 Å². The second-order valence-corrected chi connectivity index (χ2v) is 5.49. The molecule has 1 atom stereocenters. The number of nitrogens with zero attached hydrogens (tertiary/aromatic N) is 4. The van der Waals surface area contributed by atoms with Crippen molar-refractivity contribution in [3.8, 4) is 5.75 Å². The number of hydrogen-bond donors (Lipinski definition) is 1. The van der Waals surface area contributed by atoms with Gasteiger partial charge in [0.1, 0.15) is 24.8 Å². The summed E-state index contributed by atoms with van der Waals surface area (Å²) in [4.78, 5) is 15.9. The number of aliphatic hydroxyl groups excluding tert-OH is 1. The molecule has 7 heteroatoms. The van der Waals surface area contributed by atoms with Gasteiger partial charge in [0.05, 0.1) is 6.54 Å². The standard InChI is InChI=1S/C16H18N4O3/c1-11-4-3-5-14(6-11)23-9-13(21)8-19-12(2)7-15(22)20-16(19)17-10-18-20/h3-7,10,13,21H,8-9H2,1-2H3. The van der Waals surface area contributed by atoms with Gasteiger partial charge in [-0.05, 0) is 31.5 Å². The Bertz CT molecular complexity index is 884. The summed E-state index contributed by atoms with van der Waals surface area (Å²) >= 11 is 0. The van der Waals surface area contributed by atoms with Gasteiger partial charge >= 0.3 is 0 Å². The molecule has 0 amide bonds. The van der Waals surface area contributed by atoms with Crippen LogP contribution in [0.5, 0.6) is 5.75 Å². The van der Waals surface area contributed by atoms with Crippen molar-refractivity contribution < 1.29 is 9.84 Å². The highest BCUT2D eigenvalue weighted by Crippen LogP contribution is 2.13. The molecule has 0 aliphatic rings. The molecule has 3 aromatic rings. The van der Waals surface area contributed by atoms with E-state index in [2.05, 4.69) is 10.1 Å². The van der Waals surface area contributed by atoms with Crippen LogP contribution in [-0.4, -0.2) is 37.0 Å². The molecular weight excluding hydrogens is 296 g/mol. The third kappa shape index (κ3) is 3.24. The third-order valence-corrected chi connectivity index (χ3v) is 3.56. The molecule has 1 N–H and O–H groups in total. The molecule has 1 unspecified atom stereocenters. The van der Waals surface area contributed by atoms with Gasteiger partial charge in [0.15, 0.2) is 0 Å². The van der Waals surface area contributed by atoms with Gasteiger partial charge in [-0.25, -0.2) is 0 Å². The van der Waals surface area contributed by atoms with Gasteiger partial charge < -0.3 is 14.4 Å². The molecule has 0 aliphatic carbocycles. The molecule has 0 bridgehead atoms. The average Bonchev–Trinajstić information content (AvgIpc) is 2.99. The Morgan fingerprint density at radius 3 is 2.91 bits per heavy atom. The lowest BCUT2D eigenvalue weighted by Crippen LogP contribution is -2.28. The number of aromatic nitrogens is 4. The van der Waals surface area contributed by atoms with Crippen molar-refractivity contribution in [3.05, 3.63) is 58.3 Å². The molecule has 0 spiro atoms. The van der Waals surface area contributed by atoms with Gasteiger partial charge in [0.25, 0.3) is 5.56 Å². The third-order valence-electron chi connectivity index (χ3n) is 3.56. The summed E-state index contributed by atoms with van der Waals surface area (Å²) in [6.45, 7) is 4.19. The van der Waals surface area contributed by atoms with E-state index < -0.39 is 6.10 Å². The van der Waals surface area contributed by atoms with E-state index in [9.17, 15) is 9.90 Å². The lowest BCUT2D eigenvalue weighted by Gasteiger charge is -2.17. The maximum atomic E-state index is 11.8. The van der Waals surface area contributed by atoms with Crippen LogP contribution in [0, 0.1) is 13.8 Å². The molecule has 0 saturated carbocycles. The SMILES string of the molecule is Cc1cccc(OCC(O)Cn2c(C)cc(=O)n3ncnc23)c1. The quantitative estimate of drug-likeness (QED) is 0.758. The lowest BCUT2D eigenvalue weighted by atomic mass is 10.2. The van der Waals surface area contributed by atoms with E-state index in [1.54, 1.807) is 11.5 Å². The summed E-state index contributed by atoms with van der Waals surface area (Å²) in [6.07, 6.45) is 0.583. The molecule has 3 rings (SSSR count). The van der Waals surface area contributed by atoms with Crippen molar-refractivity contribution >= 4 is 5.78 Å². The zero-order chi connectivity index (χ0) is 16.4. The van der Waals surface area contributed by atoms with Crippen molar-refractivity contribution in [1.82, 2.24) is 19.2 Å². The van der Waals surface area contributed by atoms with Crippen molar-refractivity contribution in [2.75, 3.05) is 6.61 Å². The number of aliphatic hydroxyl groups is 1. The summed E-state index contributed by atoms with van der Waals surface area (Å²) in [6, 6.07) is 9.11. The Kier molecular flexibility index (Phi) is 4.12. The minimum Gasteiger partial charge on any atom is -0.491 e. The molecular formula is C16H18N4O3. The summed E-state index contributed by atoms with van der Waals surface area (Å²) in [5, 5.41) is 14.1. The van der Waals surface area contributed by atoms with Gasteiger partial charge in [-0.1, -0.05) is 12.1 Å². The van der Waals surface area contributed by atoms with E-state index in [1.165, 1.54) is 16.9 Å². The van der Waals surface area contributed by atoms with E-state index in [0.29, 0.717) is 17.2 Å². The fourth-order valence-corrected chi connectivity index (χ4v) is 2.44. The highest BCUT2D eigenvalue weighted by molar-refractivity contribution is 5.29. The van der Waals surface area contributed by atoms with Crippen LogP contribution in [0.1, 0.15) is 11.3 Å². The van der Waals surface area contributed by atoms with Crippen LogP contribution < -0.4 is 10.3 Å². The van der Waals surface area contributed by atoms with E-state index >= 15 is 0 Å². The number of fused-ring (bicyclic) bond motifs is 1. The van der Waals surface area contributed by atoms with Crippen molar-refractivity contribution in [2.45, 2.75) is 26.5 Å². The predicted molar refractivity (Wildman–Crippen MR) is 84.7 cm³/mol. The van der Waals surface area contributed by atoms with Gasteiger partial charge in [0, 0.05) is 11.8 Å². The lowest BCUT2D eigenvalue weighted by molar-refractivity contribution is 0.0924. The minimum absolute atomic E-state index is 0.148. The monoisotopic (exact) mass is 314 g/mol. The first kappa shape index (κ1) is 15.2. The van der Waals surface area contributed by atoms with E-state index in [0.717, 1.165) is 5.56 Å². The molecule has 2 aromatic heterocycles. The smallest absolute Gasteiger partial charge is 0.275 e. The fraction of sp³-hybridized carbons (Fsp3) is 0.312. The van der Waals surface area contributed by atoms with Crippen LogP contribution in [0.15, 0.2) is 41.5 Å². The van der Waals surface area contributed by atoms with Gasteiger partial charge in [-0.3, -0.25) is 4.79 Å². The predicted octanol–water partition coefficient (Wildman–Crippen LogP) is 0.948. The Labute approximate surface area is 132 Å². The van der Waals surface area contributed by atoms with Crippen LogP contribution in [0.4, 0.5) is 0 Å². The number of ether oxygens (including phenoxy) is 1. The molecule has 0 saturated heterocycles. The highest BCUT2D eigenvalue weighted by Gasteiger charge is 2.13. The fourth-order valence-electron chi connectivity index (χ4n) is 2.44. The number of benzene rings is 1. The summed E-state index contributed by atoms with van der Waals surface area (Å²) < 4.78 is 8.57. The van der Waals surface area contributed by atoms with Crippen LogP contribution in [0.2, 0.25) is 0 Å². The summed E-state index contributed by atoms with van der Waals surface area (Å²) in [5.74, 6) is 1.12. The Morgan fingerprint density at radius 1 is 1.30 bits per heavy atom. The zero-order valence-electron chi connectivity index (χ0n) is 13.0. The van der Waals surface area contributed by atoms with Crippen molar-refractivity contribution in [1.29, 1.82) is 0 Å². The van der Waals surface area contributed by atoms with E-state index in [1.807, 2.05) is 31.2 Å². The normalized spacial score (nSPS) is 12.5. The first-order valence-electron chi connectivity index (χ1n) is 7.32. The number of aryl methyl sites for hydroxylation is 2. The van der Waals surface area contributed by atoms with Gasteiger partial charge in [-0.15, -0.1) is 0 Å². The van der Waals surface area contributed by atoms with Crippen LogP contribution in [0.3, 0.4) is 0 Å². The Balaban J connectivity index is 1.74. The second kappa shape index (κ2) is 6.21. The van der Waals surface area contributed by atoms with Gasteiger partial charge in [0.2, 0.25) is 5.78 Å². The van der Waals surface area contributed by atoms with Crippen LogP contribution in [-0.2, 0) is 6.54 Å². The summed E-state index contributed by atoms with van der Waals surface area (Å²) in [5.41, 5.74) is 1.57. The molecule has 23 heavy (non-hydrogen) atoms. The Morgan fingerprint density at radius 2 is 2.13 bits per heavy atom. The first-order chi connectivity index (χ1) is 11.0.